The molecule has 1 aromatic carbocycles. The van der Waals surface area contributed by atoms with Gasteiger partial charge < -0.3 is 14.1 Å². The molecule has 1 fully saturated rings. The Bertz CT molecular complexity index is 949. The number of benzene rings is 1. The molecular weight excluding hydrogens is 330 g/mol. The van der Waals surface area contributed by atoms with Crippen LogP contribution in [0.1, 0.15) is 18.3 Å². The van der Waals surface area contributed by atoms with E-state index in [1.807, 2.05) is 6.07 Å². The van der Waals surface area contributed by atoms with Gasteiger partial charge in [-0.25, -0.2) is 13.4 Å². The van der Waals surface area contributed by atoms with Gasteiger partial charge >= 0.3 is 0 Å². The Kier molecular flexibility index (Phi) is 3.67. The predicted octanol–water partition coefficient (Wildman–Crippen LogP) is 2.31. The van der Waals surface area contributed by atoms with Gasteiger partial charge in [-0.3, -0.25) is 0 Å². The molecule has 2 atom stereocenters. The molecule has 0 saturated carbocycles. The number of furan rings is 1. The van der Waals surface area contributed by atoms with E-state index in [0.29, 0.717) is 17.8 Å². The molecule has 4 rings (SSSR count). The Morgan fingerprint density at radius 3 is 3.00 bits per heavy atom. The third kappa shape index (κ3) is 2.34. The molecule has 3 aromatic rings. The summed E-state index contributed by atoms with van der Waals surface area (Å²) in [5, 5.41) is 0.758. The number of nitrogens with zero attached hydrogens (tertiary/aromatic N) is 2. The minimum absolute atomic E-state index is 0.165. The smallest absolute Gasteiger partial charge is 0.247 e. The molecule has 0 bridgehead atoms. The van der Waals surface area contributed by atoms with Crippen LogP contribution in [0.5, 0.6) is 0 Å². The molecule has 1 saturated heterocycles. The third-order valence-corrected chi connectivity index (χ3v) is 6.31. The number of aromatic amines is 1. The van der Waals surface area contributed by atoms with Crippen LogP contribution in [0, 0.1) is 0 Å². The van der Waals surface area contributed by atoms with Crippen LogP contribution in [0.25, 0.3) is 11.0 Å². The van der Waals surface area contributed by atoms with Crippen LogP contribution in [-0.4, -0.2) is 42.4 Å². The number of nitrogens with one attached hydrogen (secondary N) is 1. The molecule has 7 nitrogen and oxygen atoms in total. The summed E-state index contributed by atoms with van der Waals surface area (Å²) >= 11 is 0. The Morgan fingerprint density at radius 2 is 2.25 bits per heavy atom. The van der Waals surface area contributed by atoms with E-state index < -0.39 is 10.0 Å². The third-order valence-electron chi connectivity index (χ3n) is 4.42. The first-order chi connectivity index (χ1) is 11.6. The topological polar surface area (TPSA) is 88.4 Å². The van der Waals surface area contributed by atoms with Gasteiger partial charge in [0.15, 0.2) is 5.58 Å². The van der Waals surface area contributed by atoms with Crippen molar-refractivity contribution in [2.75, 3.05) is 13.7 Å². The number of para-hydroxylation sites is 1. The van der Waals surface area contributed by atoms with Gasteiger partial charge in [0.2, 0.25) is 10.0 Å². The number of aromatic nitrogens is 2. The molecule has 0 radical (unpaired) electrons. The minimum Gasteiger partial charge on any atom is -0.463 e. The van der Waals surface area contributed by atoms with Crippen molar-refractivity contribution in [1.29, 1.82) is 0 Å². The number of imidazole rings is 1. The number of hydrogen-bond donors (Lipinski definition) is 1. The Labute approximate surface area is 139 Å². The predicted molar refractivity (Wildman–Crippen MR) is 86.8 cm³/mol. The zero-order valence-electron chi connectivity index (χ0n) is 13.0. The summed E-state index contributed by atoms with van der Waals surface area (Å²) in [6, 6.07) is 6.47. The first-order valence-corrected chi connectivity index (χ1v) is 9.05. The molecule has 0 amide bonds. The van der Waals surface area contributed by atoms with Crippen LogP contribution in [-0.2, 0) is 14.8 Å². The zero-order chi connectivity index (χ0) is 16.7. The van der Waals surface area contributed by atoms with Crippen LogP contribution in [0.4, 0.5) is 0 Å². The summed E-state index contributed by atoms with van der Waals surface area (Å²) < 4.78 is 38.8. The lowest BCUT2D eigenvalue weighted by Gasteiger charge is -2.22. The Balaban J connectivity index is 1.81. The van der Waals surface area contributed by atoms with E-state index in [1.54, 1.807) is 37.7 Å². The SMILES string of the molecule is CO[C@@H]1CC(c2ncc[nH]2)N(S(=O)(=O)c2cccc3ccoc23)C1. The molecule has 8 heteroatoms. The number of ether oxygens (including phenoxy) is 1. The molecule has 126 valence electrons. The Hall–Kier alpha value is -2.16. The quantitative estimate of drug-likeness (QED) is 0.782. The van der Waals surface area contributed by atoms with E-state index in [1.165, 1.54) is 10.6 Å². The second kappa shape index (κ2) is 5.73. The highest BCUT2D eigenvalue weighted by molar-refractivity contribution is 7.89. The van der Waals surface area contributed by atoms with Gasteiger partial charge in [-0.2, -0.15) is 4.31 Å². The lowest BCUT2D eigenvalue weighted by molar-refractivity contribution is 0.114. The second-order valence-corrected chi connectivity index (χ2v) is 7.61. The van der Waals surface area contributed by atoms with Crippen molar-refractivity contribution in [3.63, 3.8) is 0 Å². The van der Waals surface area contributed by atoms with E-state index in [2.05, 4.69) is 9.97 Å². The van der Waals surface area contributed by atoms with Crippen molar-refractivity contribution in [1.82, 2.24) is 14.3 Å². The number of H-pyrrole nitrogens is 1. The van der Waals surface area contributed by atoms with Crippen molar-refractivity contribution in [3.8, 4) is 0 Å². The number of methoxy groups -OCH3 is 1. The van der Waals surface area contributed by atoms with Crippen molar-refractivity contribution in [2.45, 2.75) is 23.5 Å². The summed E-state index contributed by atoms with van der Waals surface area (Å²) in [5.41, 5.74) is 0.372. The maximum absolute atomic E-state index is 13.3. The molecule has 24 heavy (non-hydrogen) atoms. The largest absolute Gasteiger partial charge is 0.463 e. The highest BCUT2D eigenvalue weighted by atomic mass is 32.2. The lowest BCUT2D eigenvalue weighted by Crippen LogP contribution is -2.32. The fraction of sp³-hybridized carbons (Fsp3) is 0.312. The van der Waals surface area contributed by atoms with Gasteiger partial charge in [-0.1, -0.05) is 12.1 Å². The van der Waals surface area contributed by atoms with Crippen LogP contribution < -0.4 is 0 Å². The van der Waals surface area contributed by atoms with Crippen molar-refractivity contribution >= 4 is 21.0 Å². The van der Waals surface area contributed by atoms with Crippen LogP contribution >= 0.6 is 0 Å². The van der Waals surface area contributed by atoms with Gasteiger partial charge in [0.1, 0.15) is 10.7 Å². The molecule has 1 aliphatic heterocycles. The summed E-state index contributed by atoms with van der Waals surface area (Å²) in [6.45, 7) is 0.279. The van der Waals surface area contributed by atoms with Gasteiger partial charge in [-0.05, 0) is 18.6 Å². The van der Waals surface area contributed by atoms with Gasteiger partial charge in [0, 0.05) is 31.4 Å². The van der Waals surface area contributed by atoms with E-state index in [9.17, 15) is 8.42 Å². The lowest BCUT2D eigenvalue weighted by atomic mass is 10.2. The molecule has 1 aliphatic rings. The van der Waals surface area contributed by atoms with Gasteiger partial charge in [0.05, 0.1) is 18.4 Å². The van der Waals surface area contributed by atoms with Gasteiger partial charge in [0.25, 0.3) is 0 Å². The average Bonchev–Trinajstić information content (AvgIpc) is 3.31. The summed E-state index contributed by atoms with van der Waals surface area (Å²) in [6.07, 6.45) is 5.18. The molecular formula is C16H17N3O4S. The first-order valence-electron chi connectivity index (χ1n) is 7.61. The van der Waals surface area contributed by atoms with Crippen LogP contribution in [0.3, 0.4) is 0 Å². The van der Waals surface area contributed by atoms with Crippen LogP contribution in [0.15, 0.2) is 52.2 Å². The van der Waals surface area contributed by atoms with E-state index in [4.69, 9.17) is 9.15 Å². The molecule has 1 unspecified atom stereocenters. The number of fused-ring (bicyclic) bond motifs is 1. The van der Waals surface area contributed by atoms with Gasteiger partial charge in [-0.15, -0.1) is 0 Å². The molecule has 3 heterocycles. The summed E-state index contributed by atoms with van der Waals surface area (Å²) in [7, 11) is -2.16. The maximum atomic E-state index is 13.3. The van der Waals surface area contributed by atoms with Crippen LogP contribution in [0.2, 0.25) is 0 Å². The minimum atomic E-state index is -3.75. The normalized spacial score (nSPS) is 22.4. The number of rotatable bonds is 4. The molecule has 0 spiro atoms. The van der Waals surface area contributed by atoms with E-state index >= 15 is 0 Å². The maximum Gasteiger partial charge on any atom is 0.247 e. The molecule has 0 aliphatic carbocycles. The van der Waals surface area contributed by atoms with E-state index in [0.717, 1.165) is 5.39 Å². The average molecular weight is 347 g/mol. The van der Waals surface area contributed by atoms with Crippen molar-refractivity contribution in [3.05, 3.63) is 48.7 Å². The summed E-state index contributed by atoms with van der Waals surface area (Å²) in [4.78, 5) is 7.41. The fourth-order valence-corrected chi connectivity index (χ4v) is 5.00. The first kappa shape index (κ1) is 15.4. The van der Waals surface area contributed by atoms with E-state index in [-0.39, 0.29) is 23.6 Å². The zero-order valence-corrected chi connectivity index (χ0v) is 13.9. The summed E-state index contributed by atoms with van der Waals surface area (Å²) in [5.74, 6) is 0.616. The van der Waals surface area contributed by atoms with Crippen molar-refractivity contribution < 1.29 is 17.6 Å². The Morgan fingerprint density at radius 1 is 1.38 bits per heavy atom. The number of sulfonamides is 1. The standard InChI is InChI=1S/C16H17N3O4S/c1-22-12-9-13(16-17-6-7-18-16)19(10-12)24(20,21)14-4-2-3-11-5-8-23-15(11)14/h2-8,12-13H,9-10H2,1H3,(H,17,18)/t12-,13?/m1/s1. The fourth-order valence-electron chi connectivity index (χ4n) is 3.21. The molecule has 1 N–H and O–H groups in total. The second-order valence-electron chi connectivity index (χ2n) is 5.75. The molecule has 2 aromatic heterocycles. The monoisotopic (exact) mass is 347 g/mol. The van der Waals surface area contributed by atoms with Crippen molar-refractivity contribution in [2.24, 2.45) is 0 Å². The number of hydrogen-bond acceptors (Lipinski definition) is 5. The highest BCUT2D eigenvalue weighted by Gasteiger charge is 2.43. The highest BCUT2D eigenvalue weighted by Crippen LogP contribution is 2.38.